The lowest BCUT2D eigenvalue weighted by molar-refractivity contribution is 0.171. The van der Waals surface area contributed by atoms with E-state index in [1.54, 1.807) is 18.2 Å². The number of anilines is 1. The van der Waals surface area contributed by atoms with Crippen LogP contribution in [0.4, 0.5) is 5.69 Å². The summed E-state index contributed by atoms with van der Waals surface area (Å²) in [6.07, 6.45) is 0. The van der Waals surface area contributed by atoms with Gasteiger partial charge in [-0.25, -0.2) is 0 Å². The molecular formula is C16H13ClN2O2. The molecule has 1 aliphatic rings. The Morgan fingerprint density at radius 1 is 1.10 bits per heavy atom. The second kappa shape index (κ2) is 5.94. The Labute approximate surface area is 127 Å². The molecule has 0 bridgehead atoms. The van der Waals surface area contributed by atoms with Gasteiger partial charge >= 0.3 is 0 Å². The smallest absolute Gasteiger partial charge is 0.161 e. The Morgan fingerprint density at radius 3 is 2.71 bits per heavy atom. The zero-order chi connectivity index (χ0) is 14.7. The molecule has 0 aromatic heterocycles. The predicted molar refractivity (Wildman–Crippen MR) is 80.9 cm³/mol. The number of nitrogens with one attached hydrogen (secondary N) is 1. The van der Waals surface area contributed by atoms with Gasteiger partial charge in [-0.2, -0.15) is 5.26 Å². The van der Waals surface area contributed by atoms with Crippen molar-refractivity contribution in [3.8, 4) is 17.6 Å². The SMILES string of the molecule is N#Cc1ccc(Cl)cc1NCc1ccc2c(c1)OCCO2. The molecule has 0 saturated carbocycles. The maximum atomic E-state index is 9.09. The molecule has 0 unspecified atom stereocenters. The highest BCUT2D eigenvalue weighted by Crippen LogP contribution is 2.31. The number of hydrogen-bond donors (Lipinski definition) is 1. The number of nitriles is 1. The van der Waals surface area contributed by atoms with Crippen LogP contribution in [0.2, 0.25) is 5.02 Å². The second-order valence-electron chi connectivity index (χ2n) is 4.63. The van der Waals surface area contributed by atoms with Crippen molar-refractivity contribution in [2.45, 2.75) is 6.54 Å². The standard InChI is InChI=1S/C16H13ClN2O2/c17-13-3-2-12(9-18)14(8-13)19-10-11-1-4-15-16(7-11)21-6-5-20-15/h1-4,7-8,19H,5-6,10H2. The average molecular weight is 301 g/mol. The molecule has 4 nitrogen and oxygen atoms in total. The molecule has 3 rings (SSSR count). The third-order valence-corrected chi connectivity index (χ3v) is 3.43. The summed E-state index contributed by atoms with van der Waals surface area (Å²) in [5, 5.41) is 12.9. The fourth-order valence-corrected chi connectivity index (χ4v) is 2.33. The Hall–Kier alpha value is -2.38. The second-order valence-corrected chi connectivity index (χ2v) is 5.07. The molecule has 5 heteroatoms. The first kappa shape index (κ1) is 13.6. The molecule has 0 aliphatic carbocycles. The van der Waals surface area contributed by atoms with Crippen molar-refractivity contribution >= 4 is 17.3 Å². The number of fused-ring (bicyclic) bond motifs is 1. The number of nitrogens with zero attached hydrogens (tertiary/aromatic N) is 1. The highest BCUT2D eigenvalue weighted by Gasteiger charge is 2.11. The maximum absolute atomic E-state index is 9.09. The number of hydrogen-bond acceptors (Lipinski definition) is 4. The third kappa shape index (κ3) is 3.04. The highest BCUT2D eigenvalue weighted by atomic mass is 35.5. The van der Waals surface area contributed by atoms with E-state index in [1.807, 2.05) is 18.2 Å². The van der Waals surface area contributed by atoms with Gasteiger partial charge < -0.3 is 14.8 Å². The Morgan fingerprint density at radius 2 is 1.90 bits per heavy atom. The zero-order valence-electron chi connectivity index (χ0n) is 11.2. The fraction of sp³-hybridized carbons (Fsp3) is 0.188. The van der Waals surface area contributed by atoms with E-state index in [-0.39, 0.29) is 0 Å². The van der Waals surface area contributed by atoms with Crippen LogP contribution in [0.3, 0.4) is 0 Å². The summed E-state index contributed by atoms with van der Waals surface area (Å²) in [7, 11) is 0. The summed E-state index contributed by atoms with van der Waals surface area (Å²) in [5.74, 6) is 1.53. The van der Waals surface area contributed by atoms with Gasteiger partial charge in [-0.05, 0) is 35.9 Å². The van der Waals surface area contributed by atoms with Crippen molar-refractivity contribution < 1.29 is 9.47 Å². The van der Waals surface area contributed by atoms with Gasteiger partial charge in [0.05, 0.1) is 11.3 Å². The van der Waals surface area contributed by atoms with E-state index in [0.717, 1.165) is 22.7 Å². The first-order chi connectivity index (χ1) is 10.3. The van der Waals surface area contributed by atoms with Crippen LogP contribution < -0.4 is 14.8 Å². The van der Waals surface area contributed by atoms with E-state index in [2.05, 4.69) is 11.4 Å². The van der Waals surface area contributed by atoms with E-state index in [4.69, 9.17) is 26.3 Å². The van der Waals surface area contributed by atoms with Crippen molar-refractivity contribution in [2.24, 2.45) is 0 Å². The summed E-state index contributed by atoms with van der Waals surface area (Å²) in [5.41, 5.74) is 2.33. The average Bonchev–Trinajstić information content (AvgIpc) is 2.53. The van der Waals surface area contributed by atoms with Gasteiger partial charge in [-0.15, -0.1) is 0 Å². The van der Waals surface area contributed by atoms with Crippen LogP contribution in [-0.2, 0) is 6.54 Å². The largest absolute Gasteiger partial charge is 0.486 e. The van der Waals surface area contributed by atoms with Gasteiger partial charge in [0, 0.05) is 11.6 Å². The molecule has 0 atom stereocenters. The quantitative estimate of drug-likeness (QED) is 0.941. The number of halogens is 1. The summed E-state index contributed by atoms with van der Waals surface area (Å²) in [6, 6.07) is 13.1. The van der Waals surface area contributed by atoms with Crippen LogP contribution in [0, 0.1) is 11.3 Å². The topological polar surface area (TPSA) is 54.3 Å². The van der Waals surface area contributed by atoms with Gasteiger partial charge in [0.2, 0.25) is 0 Å². The molecule has 1 aliphatic heterocycles. The Bertz CT molecular complexity index is 710. The first-order valence-electron chi connectivity index (χ1n) is 6.58. The fourth-order valence-electron chi connectivity index (χ4n) is 2.16. The van der Waals surface area contributed by atoms with Crippen molar-refractivity contribution in [1.29, 1.82) is 5.26 Å². The molecule has 0 saturated heterocycles. The minimum atomic E-state index is 0.566. The number of benzene rings is 2. The first-order valence-corrected chi connectivity index (χ1v) is 6.96. The lowest BCUT2D eigenvalue weighted by Gasteiger charge is -2.19. The summed E-state index contributed by atoms with van der Waals surface area (Å²) < 4.78 is 11.0. The molecule has 0 amide bonds. The molecule has 1 heterocycles. The third-order valence-electron chi connectivity index (χ3n) is 3.19. The monoisotopic (exact) mass is 300 g/mol. The maximum Gasteiger partial charge on any atom is 0.161 e. The van der Waals surface area contributed by atoms with E-state index < -0.39 is 0 Å². The van der Waals surface area contributed by atoms with E-state index in [9.17, 15) is 0 Å². The van der Waals surface area contributed by atoms with Gasteiger partial charge in [0.25, 0.3) is 0 Å². The summed E-state index contributed by atoms with van der Waals surface area (Å²) >= 11 is 5.96. The Kier molecular flexibility index (Phi) is 3.85. The minimum absolute atomic E-state index is 0.566. The molecule has 106 valence electrons. The lowest BCUT2D eigenvalue weighted by Crippen LogP contribution is -2.15. The Balaban J connectivity index is 1.76. The lowest BCUT2D eigenvalue weighted by atomic mass is 10.1. The van der Waals surface area contributed by atoms with Crippen LogP contribution in [-0.4, -0.2) is 13.2 Å². The van der Waals surface area contributed by atoms with Gasteiger partial charge in [0.15, 0.2) is 11.5 Å². The summed E-state index contributed by atoms with van der Waals surface area (Å²) in [6.45, 7) is 1.72. The zero-order valence-corrected chi connectivity index (χ0v) is 12.0. The van der Waals surface area contributed by atoms with Gasteiger partial charge in [0.1, 0.15) is 19.3 Å². The summed E-state index contributed by atoms with van der Waals surface area (Å²) in [4.78, 5) is 0. The number of rotatable bonds is 3. The van der Waals surface area contributed by atoms with Crippen molar-refractivity contribution in [3.63, 3.8) is 0 Å². The van der Waals surface area contributed by atoms with Crippen molar-refractivity contribution in [3.05, 3.63) is 52.5 Å². The van der Waals surface area contributed by atoms with Crippen LogP contribution >= 0.6 is 11.6 Å². The molecule has 2 aromatic carbocycles. The molecule has 21 heavy (non-hydrogen) atoms. The molecule has 2 aromatic rings. The van der Waals surface area contributed by atoms with E-state index >= 15 is 0 Å². The normalized spacial score (nSPS) is 12.6. The molecular weight excluding hydrogens is 288 g/mol. The molecule has 0 radical (unpaired) electrons. The van der Waals surface area contributed by atoms with Crippen molar-refractivity contribution in [1.82, 2.24) is 0 Å². The van der Waals surface area contributed by atoms with Crippen molar-refractivity contribution in [2.75, 3.05) is 18.5 Å². The van der Waals surface area contributed by atoms with Crippen LogP contribution in [0.5, 0.6) is 11.5 Å². The van der Waals surface area contributed by atoms with Gasteiger partial charge in [-0.1, -0.05) is 17.7 Å². The van der Waals surface area contributed by atoms with Crippen LogP contribution in [0.1, 0.15) is 11.1 Å². The predicted octanol–water partition coefficient (Wildman–Crippen LogP) is 3.59. The highest BCUT2D eigenvalue weighted by molar-refractivity contribution is 6.30. The van der Waals surface area contributed by atoms with E-state index in [1.165, 1.54) is 0 Å². The minimum Gasteiger partial charge on any atom is -0.486 e. The molecule has 0 fully saturated rings. The molecule has 1 N–H and O–H groups in total. The van der Waals surface area contributed by atoms with E-state index in [0.29, 0.717) is 30.3 Å². The number of ether oxygens (including phenoxy) is 2. The van der Waals surface area contributed by atoms with Crippen LogP contribution in [0.25, 0.3) is 0 Å². The van der Waals surface area contributed by atoms with Gasteiger partial charge in [-0.3, -0.25) is 0 Å². The van der Waals surface area contributed by atoms with Crippen LogP contribution in [0.15, 0.2) is 36.4 Å². The molecule has 0 spiro atoms.